The molecule has 2 aliphatic carbocycles. The van der Waals surface area contributed by atoms with Crippen molar-refractivity contribution in [2.75, 3.05) is 12.8 Å². The molecule has 1 amide bonds. The Morgan fingerprint density at radius 3 is 2.65 bits per heavy atom. The summed E-state index contributed by atoms with van der Waals surface area (Å²) in [6, 6.07) is 0.393. The summed E-state index contributed by atoms with van der Waals surface area (Å²) in [6.45, 7) is 0.511. The SMILES string of the molecule is CSC1CCC(NC(=O)C2(CN)CCCC2)C1. The molecule has 3 nitrogen and oxygen atoms in total. The largest absolute Gasteiger partial charge is 0.353 e. The van der Waals surface area contributed by atoms with Crippen LogP contribution in [0, 0.1) is 5.41 Å². The van der Waals surface area contributed by atoms with Crippen molar-refractivity contribution in [3.05, 3.63) is 0 Å². The summed E-state index contributed by atoms with van der Waals surface area (Å²) in [6.07, 6.45) is 9.94. The van der Waals surface area contributed by atoms with Gasteiger partial charge in [-0.25, -0.2) is 0 Å². The van der Waals surface area contributed by atoms with E-state index in [9.17, 15) is 4.79 Å². The Labute approximate surface area is 108 Å². The second-order valence-electron chi connectivity index (χ2n) is 5.53. The molecule has 0 aliphatic heterocycles. The third kappa shape index (κ3) is 2.79. The van der Waals surface area contributed by atoms with Crippen LogP contribution in [0.25, 0.3) is 0 Å². The maximum Gasteiger partial charge on any atom is 0.227 e. The van der Waals surface area contributed by atoms with E-state index in [1.807, 2.05) is 11.8 Å². The maximum absolute atomic E-state index is 12.4. The third-order valence-electron chi connectivity index (χ3n) is 4.49. The molecule has 2 atom stereocenters. The monoisotopic (exact) mass is 256 g/mol. The number of rotatable bonds is 4. The van der Waals surface area contributed by atoms with Gasteiger partial charge in [0, 0.05) is 17.8 Å². The van der Waals surface area contributed by atoms with Crippen molar-refractivity contribution in [1.29, 1.82) is 0 Å². The smallest absolute Gasteiger partial charge is 0.227 e. The molecule has 98 valence electrons. The highest BCUT2D eigenvalue weighted by Crippen LogP contribution is 2.38. The van der Waals surface area contributed by atoms with Gasteiger partial charge in [-0.05, 0) is 38.4 Å². The predicted molar refractivity (Wildman–Crippen MR) is 73.0 cm³/mol. The van der Waals surface area contributed by atoms with Gasteiger partial charge in [0.15, 0.2) is 0 Å². The fraction of sp³-hybridized carbons (Fsp3) is 0.923. The fourth-order valence-corrected chi connectivity index (χ4v) is 4.00. The fourth-order valence-electron chi connectivity index (χ4n) is 3.20. The minimum Gasteiger partial charge on any atom is -0.353 e. The van der Waals surface area contributed by atoms with Gasteiger partial charge in [0.1, 0.15) is 0 Å². The third-order valence-corrected chi connectivity index (χ3v) is 5.58. The highest BCUT2D eigenvalue weighted by molar-refractivity contribution is 7.99. The van der Waals surface area contributed by atoms with Gasteiger partial charge >= 0.3 is 0 Å². The first-order valence-corrected chi connectivity index (χ1v) is 8.03. The van der Waals surface area contributed by atoms with Crippen LogP contribution in [0.5, 0.6) is 0 Å². The Balaban J connectivity index is 1.88. The zero-order valence-electron chi connectivity index (χ0n) is 10.7. The van der Waals surface area contributed by atoms with Gasteiger partial charge in [0.2, 0.25) is 5.91 Å². The molecule has 2 fully saturated rings. The van der Waals surface area contributed by atoms with Gasteiger partial charge in [0.05, 0.1) is 5.41 Å². The van der Waals surface area contributed by atoms with E-state index in [-0.39, 0.29) is 11.3 Å². The molecule has 0 aromatic rings. The first-order valence-electron chi connectivity index (χ1n) is 6.74. The molecular formula is C13H24N2OS. The maximum atomic E-state index is 12.4. The molecule has 2 saturated carbocycles. The number of carbonyl (C=O) groups excluding carboxylic acids is 1. The van der Waals surface area contributed by atoms with Crippen LogP contribution in [-0.4, -0.2) is 30.0 Å². The molecule has 0 saturated heterocycles. The van der Waals surface area contributed by atoms with Crippen LogP contribution in [0.1, 0.15) is 44.9 Å². The van der Waals surface area contributed by atoms with Crippen molar-refractivity contribution < 1.29 is 4.79 Å². The summed E-state index contributed by atoms with van der Waals surface area (Å²) in [5.74, 6) is 0.226. The van der Waals surface area contributed by atoms with E-state index in [4.69, 9.17) is 5.73 Å². The average molecular weight is 256 g/mol. The van der Waals surface area contributed by atoms with E-state index in [1.54, 1.807) is 0 Å². The standard InChI is InChI=1S/C13H24N2OS/c1-17-11-5-4-10(8-11)15-12(16)13(9-14)6-2-3-7-13/h10-11H,2-9,14H2,1H3,(H,15,16). The van der Waals surface area contributed by atoms with E-state index in [1.165, 1.54) is 6.42 Å². The highest BCUT2D eigenvalue weighted by Gasteiger charge is 2.41. The lowest BCUT2D eigenvalue weighted by molar-refractivity contribution is -0.131. The summed E-state index contributed by atoms with van der Waals surface area (Å²) in [4.78, 5) is 12.4. The molecular weight excluding hydrogens is 232 g/mol. The lowest BCUT2D eigenvalue weighted by atomic mass is 9.85. The van der Waals surface area contributed by atoms with Crippen molar-refractivity contribution >= 4 is 17.7 Å². The Morgan fingerprint density at radius 2 is 2.12 bits per heavy atom. The molecule has 3 N–H and O–H groups in total. The molecule has 0 aromatic heterocycles. The summed E-state index contributed by atoms with van der Waals surface area (Å²) < 4.78 is 0. The molecule has 0 spiro atoms. The van der Waals surface area contributed by atoms with Gasteiger partial charge in [-0.15, -0.1) is 0 Å². The molecule has 2 rings (SSSR count). The summed E-state index contributed by atoms with van der Waals surface area (Å²) in [5.41, 5.74) is 5.59. The zero-order valence-corrected chi connectivity index (χ0v) is 11.5. The number of carbonyl (C=O) groups is 1. The first kappa shape index (κ1) is 13.2. The summed E-state index contributed by atoms with van der Waals surface area (Å²) >= 11 is 1.92. The number of hydrogen-bond acceptors (Lipinski definition) is 3. The van der Waals surface area contributed by atoms with E-state index in [0.29, 0.717) is 12.6 Å². The Hall–Kier alpha value is -0.220. The van der Waals surface area contributed by atoms with Gasteiger partial charge in [-0.3, -0.25) is 4.79 Å². The van der Waals surface area contributed by atoms with Crippen LogP contribution in [0.2, 0.25) is 0 Å². The minimum atomic E-state index is -0.239. The Morgan fingerprint density at radius 1 is 1.41 bits per heavy atom. The van der Waals surface area contributed by atoms with E-state index in [2.05, 4.69) is 11.6 Å². The molecule has 0 aromatic carbocycles. The minimum absolute atomic E-state index is 0.226. The Bertz CT molecular complexity index is 277. The molecule has 2 unspecified atom stereocenters. The van der Waals surface area contributed by atoms with Crippen molar-refractivity contribution in [2.45, 2.75) is 56.2 Å². The topological polar surface area (TPSA) is 55.1 Å². The lowest BCUT2D eigenvalue weighted by Gasteiger charge is -2.27. The second kappa shape index (κ2) is 5.61. The number of hydrogen-bond donors (Lipinski definition) is 2. The van der Waals surface area contributed by atoms with Gasteiger partial charge in [-0.1, -0.05) is 12.8 Å². The van der Waals surface area contributed by atoms with E-state index in [0.717, 1.165) is 43.8 Å². The van der Waals surface area contributed by atoms with Gasteiger partial charge in [-0.2, -0.15) is 11.8 Å². The molecule has 0 heterocycles. The van der Waals surface area contributed by atoms with Crippen LogP contribution in [0.15, 0.2) is 0 Å². The normalized spacial score (nSPS) is 31.6. The zero-order chi connectivity index (χ0) is 12.3. The molecule has 0 bridgehead atoms. The van der Waals surface area contributed by atoms with Crippen LogP contribution in [0.4, 0.5) is 0 Å². The van der Waals surface area contributed by atoms with E-state index < -0.39 is 0 Å². The summed E-state index contributed by atoms with van der Waals surface area (Å²) in [7, 11) is 0. The molecule has 17 heavy (non-hydrogen) atoms. The molecule has 0 radical (unpaired) electrons. The second-order valence-corrected chi connectivity index (χ2v) is 6.67. The Kier molecular flexibility index (Phi) is 4.36. The number of thioether (sulfide) groups is 1. The molecule has 2 aliphatic rings. The van der Waals surface area contributed by atoms with Gasteiger partial charge < -0.3 is 11.1 Å². The number of nitrogens with two attached hydrogens (primary N) is 1. The van der Waals surface area contributed by atoms with Crippen molar-refractivity contribution in [3.8, 4) is 0 Å². The summed E-state index contributed by atoms with van der Waals surface area (Å²) in [5, 5.41) is 3.98. The van der Waals surface area contributed by atoms with Crippen molar-refractivity contribution in [2.24, 2.45) is 11.1 Å². The number of amides is 1. The van der Waals surface area contributed by atoms with Crippen LogP contribution in [-0.2, 0) is 4.79 Å². The molecule has 4 heteroatoms. The highest BCUT2D eigenvalue weighted by atomic mass is 32.2. The van der Waals surface area contributed by atoms with Gasteiger partial charge in [0.25, 0.3) is 0 Å². The first-order chi connectivity index (χ1) is 8.20. The van der Waals surface area contributed by atoms with Crippen molar-refractivity contribution in [3.63, 3.8) is 0 Å². The van der Waals surface area contributed by atoms with Crippen LogP contribution >= 0.6 is 11.8 Å². The lowest BCUT2D eigenvalue weighted by Crippen LogP contribution is -2.47. The van der Waals surface area contributed by atoms with Crippen LogP contribution in [0.3, 0.4) is 0 Å². The van der Waals surface area contributed by atoms with Crippen LogP contribution < -0.4 is 11.1 Å². The van der Waals surface area contributed by atoms with Crippen molar-refractivity contribution in [1.82, 2.24) is 5.32 Å². The quantitative estimate of drug-likeness (QED) is 0.808. The number of nitrogens with one attached hydrogen (secondary N) is 1. The van der Waals surface area contributed by atoms with E-state index >= 15 is 0 Å². The average Bonchev–Trinajstić information content (AvgIpc) is 2.97. The predicted octanol–water partition coefficient (Wildman–Crippen LogP) is 1.91.